The minimum absolute atomic E-state index is 0.106. The standard InChI is InChI=1S/C17H20N6O3/c1-23-15-14(16(25)22-17(23)26)20-12(21-15)5-6-13(24)19-11-4-2-3-10-9(11)7-8-18-10/h2-4,7-8,12,14-15,18,20-21H,5-6H2,1H3,(H,19,24)(H,22,25,26). The van der Waals surface area contributed by atoms with Gasteiger partial charge in [0.1, 0.15) is 12.2 Å². The Balaban J connectivity index is 1.35. The first kappa shape index (κ1) is 16.6. The second-order valence-corrected chi connectivity index (χ2v) is 6.55. The SMILES string of the molecule is CN1C(=O)NC(=O)C2NC(CCC(=O)Nc3cccc4[nH]ccc34)NC21. The van der Waals surface area contributed by atoms with Gasteiger partial charge in [0.15, 0.2) is 0 Å². The van der Waals surface area contributed by atoms with Gasteiger partial charge in [0.2, 0.25) is 11.8 Å². The summed E-state index contributed by atoms with van der Waals surface area (Å²) in [4.78, 5) is 40.4. The number of carbonyl (C=O) groups is 3. The van der Waals surface area contributed by atoms with Gasteiger partial charge in [0.25, 0.3) is 0 Å². The number of urea groups is 1. The van der Waals surface area contributed by atoms with E-state index in [9.17, 15) is 14.4 Å². The molecule has 0 bridgehead atoms. The number of H-pyrrole nitrogens is 1. The molecular formula is C17H20N6O3. The Kier molecular flexibility index (Phi) is 4.09. The largest absolute Gasteiger partial charge is 0.361 e. The first-order chi connectivity index (χ1) is 12.5. The predicted octanol–water partition coefficient (Wildman–Crippen LogP) is 0.282. The van der Waals surface area contributed by atoms with E-state index >= 15 is 0 Å². The number of fused-ring (bicyclic) bond motifs is 2. The molecule has 0 saturated carbocycles. The molecule has 0 aliphatic carbocycles. The van der Waals surface area contributed by atoms with Crippen molar-refractivity contribution in [1.29, 1.82) is 0 Å². The molecule has 2 aliphatic heterocycles. The van der Waals surface area contributed by atoms with Crippen molar-refractivity contribution in [3.8, 4) is 0 Å². The van der Waals surface area contributed by atoms with Crippen LogP contribution in [0, 0.1) is 0 Å². The molecule has 3 heterocycles. The van der Waals surface area contributed by atoms with Gasteiger partial charge >= 0.3 is 6.03 Å². The van der Waals surface area contributed by atoms with Crippen molar-refractivity contribution < 1.29 is 14.4 Å². The highest BCUT2D eigenvalue weighted by molar-refractivity contribution is 6.01. The third-order valence-corrected chi connectivity index (χ3v) is 4.85. The lowest BCUT2D eigenvalue weighted by Crippen LogP contribution is -2.64. The zero-order valence-electron chi connectivity index (χ0n) is 14.2. The van der Waals surface area contributed by atoms with Crippen LogP contribution in [0.15, 0.2) is 30.5 Å². The van der Waals surface area contributed by atoms with E-state index in [4.69, 9.17) is 0 Å². The van der Waals surface area contributed by atoms with E-state index in [1.165, 1.54) is 4.90 Å². The quantitative estimate of drug-likeness (QED) is 0.539. The summed E-state index contributed by atoms with van der Waals surface area (Å²) in [5.41, 5.74) is 1.73. The summed E-state index contributed by atoms with van der Waals surface area (Å²) in [6.45, 7) is 0. The van der Waals surface area contributed by atoms with Gasteiger partial charge in [-0.15, -0.1) is 0 Å². The molecule has 2 fully saturated rings. The smallest absolute Gasteiger partial charge is 0.325 e. The van der Waals surface area contributed by atoms with Crippen LogP contribution in [0.25, 0.3) is 10.9 Å². The Hall–Kier alpha value is -2.91. The second kappa shape index (κ2) is 6.43. The van der Waals surface area contributed by atoms with E-state index in [1.807, 2.05) is 30.5 Å². The maximum absolute atomic E-state index is 12.3. The molecule has 26 heavy (non-hydrogen) atoms. The summed E-state index contributed by atoms with van der Waals surface area (Å²) in [6, 6.07) is 6.66. The first-order valence-corrected chi connectivity index (χ1v) is 8.48. The van der Waals surface area contributed by atoms with E-state index in [2.05, 4.69) is 26.3 Å². The van der Waals surface area contributed by atoms with E-state index in [-0.39, 0.29) is 24.4 Å². The van der Waals surface area contributed by atoms with Crippen LogP contribution >= 0.6 is 0 Å². The van der Waals surface area contributed by atoms with Crippen LogP contribution in [-0.2, 0) is 9.59 Å². The van der Waals surface area contributed by atoms with Crippen molar-refractivity contribution in [3.63, 3.8) is 0 Å². The van der Waals surface area contributed by atoms with Crippen LogP contribution in [0.4, 0.5) is 10.5 Å². The zero-order chi connectivity index (χ0) is 18.3. The van der Waals surface area contributed by atoms with Gasteiger partial charge in [0, 0.05) is 30.6 Å². The molecule has 4 rings (SSSR count). The maximum atomic E-state index is 12.3. The molecule has 0 spiro atoms. The van der Waals surface area contributed by atoms with E-state index in [0.717, 1.165) is 16.6 Å². The molecule has 9 nitrogen and oxygen atoms in total. The number of nitrogens with one attached hydrogen (secondary N) is 5. The maximum Gasteiger partial charge on any atom is 0.325 e. The average Bonchev–Trinajstić information content (AvgIpc) is 3.26. The van der Waals surface area contributed by atoms with E-state index in [1.54, 1.807) is 7.05 Å². The van der Waals surface area contributed by atoms with Gasteiger partial charge < -0.3 is 15.2 Å². The van der Waals surface area contributed by atoms with Crippen molar-refractivity contribution in [1.82, 2.24) is 25.8 Å². The molecule has 1 aromatic heterocycles. The van der Waals surface area contributed by atoms with Gasteiger partial charge in [-0.3, -0.25) is 25.5 Å². The second-order valence-electron chi connectivity index (χ2n) is 6.55. The summed E-state index contributed by atoms with van der Waals surface area (Å²) < 4.78 is 0. The molecule has 136 valence electrons. The molecular weight excluding hydrogens is 336 g/mol. The van der Waals surface area contributed by atoms with E-state index < -0.39 is 18.2 Å². The number of nitrogens with zero attached hydrogens (tertiary/aromatic N) is 1. The molecule has 9 heteroatoms. The summed E-state index contributed by atoms with van der Waals surface area (Å²) in [5.74, 6) is -0.456. The lowest BCUT2D eigenvalue weighted by Gasteiger charge is -2.32. The van der Waals surface area contributed by atoms with Crippen LogP contribution in [0.5, 0.6) is 0 Å². The van der Waals surface area contributed by atoms with Crippen molar-refractivity contribution in [2.45, 2.75) is 31.2 Å². The lowest BCUT2D eigenvalue weighted by atomic mass is 10.2. The number of hydrogen-bond acceptors (Lipinski definition) is 5. The number of likely N-dealkylation sites (N-methyl/N-ethyl adjacent to an activating group) is 1. The fourth-order valence-electron chi connectivity index (χ4n) is 3.46. The predicted molar refractivity (Wildman–Crippen MR) is 95.1 cm³/mol. The Morgan fingerprint density at radius 3 is 2.92 bits per heavy atom. The number of rotatable bonds is 4. The van der Waals surface area contributed by atoms with Gasteiger partial charge in [-0.25, -0.2) is 4.79 Å². The minimum atomic E-state index is -0.514. The molecule has 5 N–H and O–H groups in total. The van der Waals surface area contributed by atoms with Crippen LogP contribution in [0.3, 0.4) is 0 Å². The highest BCUT2D eigenvalue weighted by Crippen LogP contribution is 2.22. The number of anilines is 1. The van der Waals surface area contributed by atoms with Crippen LogP contribution in [0.2, 0.25) is 0 Å². The van der Waals surface area contributed by atoms with Crippen LogP contribution in [0.1, 0.15) is 12.8 Å². The van der Waals surface area contributed by atoms with Crippen molar-refractivity contribution in [2.75, 3.05) is 12.4 Å². The summed E-state index contributed by atoms with van der Waals surface area (Å²) in [6.07, 6.45) is 1.98. The third kappa shape index (κ3) is 2.91. The van der Waals surface area contributed by atoms with Crippen molar-refractivity contribution in [2.24, 2.45) is 0 Å². The fourth-order valence-corrected chi connectivity index (χ4v) is 3.46. The van der Waals surface area contributed by atoms with Gasteiger partial charge in [-0.1, -0.05) is 6.07 Å². The number of benzene rings is 1. The molecule has 2 saturated heterocycles. The van der Waals surface area contributed by atoms with Gasteiger partial charge in [0.05, 0.1) is 11.9 Å². The average molecular weight is 356 g/mol. The summed E-state index contributed by atoms with van der Waals surface area (Å²) in [5, 5.41) is 12.5. The molecule has 4 amide bonds. The monoisotopic (exact) mass is 356 g/mol. The zero-order valence-corrected chi connectivity index (χ0v) is 14.2. The van der Waals surface area contributed by atoms with Crippen LogP contribution in [-0.4, -0.2) is 53.2 Å². The molecule has 3 unspecified atom stereocenters. The Labute approximate surface area is 149 Å². The Morgan fingerprint density at radius 1 is 1.23 bits per heavy atom. The number of aromatic amines is 1. The first-order valence-electron chi connectivity index (χ1n) is 8.48. The van der Waals surface area contributed by atoms with Crippen molar-refractivity contribution >= 4 is 34.4 Å². The topological polar surface area (TPSA) is 118 Å². The molecule has 1 aromatic carbocycles. The number of amides is 4. The minimum Gasteiger partial charge on any atom is -0.361 e. The number of aromatic nitrogens is 1. The van der Waals surface area contributed by atoms with Gasteiger partial charge in [-0.05, 0) is 24.6 Å². The lowest BCUT2D eigenvalue weighted by molar-refractivity contribution is -0.124. The number of hydrogen-bond donors (Lipinski definition) is 5. The third-order valence-electron chi connectivity index (χ3n) is 4.85. The highest BCUT2D eigenvalue weighted by atomic mass is 16.2. The molecule has 3 atom stereocenters. The number of imide groups is 1. The Bertz CT molecular complexity index is 878. The molecule has 0 radical (unpaired) electrons. The van der Waals surface area contributed by atoms with Crippen LogP contribution < -0.4 is 21.3 Å². The fraction of sp³-hybridized carbons (Fsp3) is 0.353. The summed E-state index contributed by atoms with van der Waals surface area (Å²) >= 11 is 0. The van der Waals surface area contributed by atoms with Crippen molar-refractivity contribution in [3.05, 3.63) is 30.5 Å². The normalized spacial score (nSPS) is 25.3. The highest BCUT2D eigenvalue weighted by Gasteiger charge is 2.45. The molecule has 2 aromatic rings. The summed E-state index contributed by atoms with van der Waals surface area (Å²) in [7, 11) is 1.63. The molecule has 2 aliphatic rings. The van der Waals surface area contributed by atoms with Gasteiger partial charge in [-0.2, -0.15) is 0 Å². The number of carbonyl (C=O) groups excluding carboxylic acids is 3. The Morgan fingerprint density at radius 2 is 2.08 bits per heavy atom. The van der Waals surface area contributed by atoms with E-state index in [0.29, 0.717) is 6.42 Å².